The molecule has 0 aliphatic carbocycles. The Morgan fingerprint density at radius 3 is 2.75 bits per heavy atom. The minimum Gasteiger partial charge on any atom is -0.464 e. The van der Waals surface area contributed by atoms with E-state index in [2.05, 4.69) is 0 Å². The van der Waals surface area contributed by atoms with Crippen molar-refractivity contribution in [3.05, 3.63) is 46.2 Å². The van der Waals surface area contributed by atoms with Gasteiger partial charge in [-0.05, 0) is 24.6 Å². The Hall–Kier alpha value is -2.45. The average molecular weight is 290 g/mol. The molecular formula is C14H12ClN3O2. The van der Waals surface area contributed by atoms with Gasteiger partial charge in [0.25, 0.3) is 0 Å². The Bertz CT molecular complexity index is 729. The topological polar surface area (TPSA) is 81.0 Å². The Morgan fingerprint density at radius 2 is 2.20 bits per heavy atom. The fourth-order valence-corrected chi connectivity index (χ4v) is 2.24. The van der Waals surface area contributed by atoms with Crippen LogP contribution in [0.1, 0.15) is 21.6 Å². The molecule has 0 saturated carbocycles. The third-order valence-corrected chi connectivity index (χ3v) is 3.21. The molecule has 0 spiro atoms. The van der Waals surface area contributed by atoms with E-state index in [1.165, 1.54) is 17.9 Å². The fourth-order valence-electron chi connectivity index (χ4n) is 1.91. The number of rotatable bonds is 2. The Kier molecular flexibility index (Phi) is 3.68. The van der Waals surface area contributed by atoms with E-state index in [0.29, 0.717) is 10.7 Å². The van der Waals surface area contributed by atoms with Crippen LogP contribution in [-0.2, 0) is 4.74 Å². The molecule has 6 heteroatoms. The maximum absolute atomic E-state index is 11.9. The number of nitrogens with zero attached hydrogens (tertiary/aromatic N) is 2. The lowest BCUT2D eigenvalue weighted by Gasteiger charge is -2.10. The van der Waals surface area contributed by atoms with Crippen LogP contribution >= 0.6 is 11.6 Å². The van der Waals surface area contributed by atoms with Crippen molar-refractivity contribution in [2.24, 2.45) is 0 Å². The van der Waals surface area contributed by atoms with Gasteiger partial charge in [-0.1, -0.05) is 17.7 Å². The highest BCUT2D eigenvalue weighted by molar-refractivity contribution is 6.32. The van der Waals surface area contributed by atoms with Crippen LogP contribution in [0.4, 0.5) is 5.69 Å². The van der Waals surface area contributed by atoms with E-state index in [9.17, 15) is 4.79 Å². The van der Waals surface area contributed by atoms with Crippen LogP contribution in [0.2, 0.25) is 5.02 Å². The molecular weight excluding hydrogens is 278 g/mol. The van der Waals surface area contributed by atoms with Gasteiger partial charge < -0.3 is 15.0 Å². The van der Waals surface area contributed by atoms with Crippen LogP contribution < -0.4 is 5.73 Å². The van der Waals surface area contributed by atoms with Gasteiger partial charge in [-0.15, -0.1) is 0 Å². The van der Waals surface area contributed by atoms with Crippen molar-refractivity contribution >= 4 is 23.3 Å². The number of nitriles is 1. The first-order valence-corrected chi connectivity index (χ1v) is 6.13. The maximum atomic E-state index is 11.9. The number of hydrogen-bond donors (Lipinski definition) is 1. The Labute approximate surface area is 121 Å². The van der Waals surface area contributed by atoms with E-state index in [0.717, 1.165) is 5.56 Å². The second kappa shape index (κ2) is 5.27. The number of benzene rings is 1. The number of nitrogens with two attached hydrogens (primary N) is 1. The first-order valence-electron chi connectivity index (χ1n) is 5.75. The van der Waals surface area contributed by atoms with Crippen molar-refractivity contribution < 1.29 is 9.53 Å². The zero-order chi connectivity index (χ0) is 14.9. The predicted molar refractivity (Wildman–Crippen MR) is 76.0 cm³/mol. The predicted octanol–water partition coefficient (Wildman–Crippen LogP) is 2.68. The van der Waals surface area contributed by atoms with Gasteiger partial charge in [-0.2, -0.15) is 5.26 Å². The van der Waals surface area contributed by atoms with Gasteiger partial charge in [0.15, 0.2) is 5.69 Å². The number of carbonyl (C=O) groups is 1. The van der Waals surface area contributed by atoms with Crippen LogP contribution in [0.15, 0.2) is 24.4 Å². The lowest BCUT2D eigenvalue weighted by Crippen LogP contribution is -2.11. The summed E-state index contributed by atoms with van der Waals surface area (Å²) in [4.78, 5) is 11.9. The molecule has 1 aromatic heterocycles. The number of ether oxygens (including phenoxy) is 1. The summed E-state index contributed by atoms with van der Waals surface area (Å²) in [6.45, 7) is 1.90. The van der Waals surface area contributed by atoms with Crippen LogP contribution in [0.5, 0.6) is 0 Å². The van der Waals surface area contributed by atoms with Crippen LogP contribution in [0.3, 0.4) is 0 Å². The van der Waals surface area contributed by atoms with E-state index in [-0.39, 0.29) is 16.9 Å². The molecule has 2 N–H and O–H groups in total. The number of aromatic nitrogens is 1. The largest absolute Gasteiger partial charge is 0.464 e. The van der Waals surface area contributed by atoms with Crippen LogP contribution in [0.25, 0.3) is 5.69 Å². The van der Waals surface area contributed by atoms with Crippen molar-refractivity contribution in [1.29, 1.82) is 5.26 Å². The third kappa shape index (κ3) is 2.22. The molecule has 1 aromatic carbocycles. The molecule has 0 atom stereocenters. The summed E-state index contributed by atoms with van der Waals surface area (Å²) in [6, 6.07) is 7.31. The number of anilines is 1. The zero-order valence-corrected chi connectivity index (χ0v) is 11.7. The van der Waals surface area contributed by atoms with E-state index < -0.39 is 5.97 Å². The van der Waals surface area contributed by atoms with E-state index in [4.69, 9.17) is 27.3 Å². The van der Waals surface area contributed by atoms with Crippen molar-refractivity contribution in [2.75, 3.05) is 12.8 Å². The van der Waals surface area contributed by atoms with Gasteiger partial charge in [0.05, 0.1) is 29.1 Å². The van der Waals surface area contributed by atoms with Crippen molar-refractivity contribution in [3.8, 4) is 11.8 Å². The highest BCUT2D eigenvalue weighted by atomic mass is 35.5. The Morgan fingerprint density at radius 1 is 1.50 bits per heavy atom. The zero-order valence-electron chi connectivity index (χ0n) is 11.0. The molecule has 0 radical (unpaired) electrons. The van der Waals surface area contributed by atoms with Gasteiger partial charge in [0, 0.05) is 6.20 Å². The highest BCUT2D eigenvalue weighted by Gasteiger charge is 2.22. The highest BCUT2D eigenvalue weighted by Crippen LogP contribution is 2.29. The molecule has 0 amide bonds. The van der Waals surface area contributed by atoms with E-state index in [1.807, 2.05) is 19.1 Å². The van der Waals surface area contributed by atoms with E-state index >= 15 is 0 Å². The van der Waals surface area contributed by atoms with Crippen molar-refractivity contribution in [2.45, 2.75) is 6.92 Å². The molecule has 0 bridgehead atoms. The second-order valence-electron chi connectivity index (χ2n) is 4.23. The van der Waals surface area contributed by atoms with Gasteiger partial charge in [-0.25, -0.2) is 4.79 Å². The minimum atomic E-state index is -0.624. The molecule has 0 fully saturated rings. The number of hydrogen-bond acceptors (Lipinski definition) is 4. The summed E-state index contributed by atoms with van der Waals surface area (Å²) in [7, 11) is 1.25. The molecule has 2 aromatic rings. The van der Waals surface area contributed by atoms with Gasteiger partial charge >= 0.3 is 5.97 Å². The Balaban J connectivity index is 2.74. The lowest BCUT2D eigenvalue weighted by molar-refractivity contribution is 0.0593. The summed E-state index contributed by atoms with van der Waals surface area (Å²) >= 11 is 6.19. The number of methoxy groups -OCH3 is 1. The lowest BCUT2D eigenvalue weighted by atomic mass is 10.2. The van der Waals surface area contributed by atoms with E-state index in [1.54, 1.807) is 12.1 Å². The number of carbonyl (C=O) groups excluding carboxylic acids is 1. The number of nitrogen functional groups attached to an aromatic ring is 1. The first-order chi connectivity index (χ1) is 9.49. The monoisotopic (exact) mass is 289 g/mol. The second-order valence-corrected chi connectivity index (χ2v) is 4.64. The maximum Gasteiger partial charge on any atom is 0.357 e. The molecule has 20 heavy (non-hydrogen) atoms. The van der Waals surface area contributed by atoms with Crippen LogP contribution in [0, 0.1) is 18.3 Å². The summed E-state index contributed by atoms with van der Waals surface area (Å²) in [5.41, 5.74) is 7.74. The molecule has 0 aliphatic rings. The summed E-state index contributed by atoms with van der Waals surface area (Å²) < 4.78 is 6.18. The molecule has 0 saturated heterocycles. The smallest absolute Gasteiger partial charge is 0.357 e. The molecule has 102 valence electrons. The molecule has 0 unspecified atom stereocenters. The first kappa shape index (κ1) is 14.0. The minimum absolute atomic E-state index is 0.0796. The molecule has 0 aliphatic heterocycles. The van der Waals surface area contributed by atoms with Crippen LogP contribution in [-0.4, -0.2) is 17.6 Å². The van der Waals surface area contributed by atoms with Gasteiger partial charge in [0.1, 0.15) is 6.07 Å². The number of esters is 1. The van der Waals surface area contributed by atoms with Gasteiger partial charge in [-0.3, -0.25) is 0 Å². The average Bonchev–Trinajstić information content (AvgIpc) is 2.74. The number of aryl methyl sites for hydroxylation is 1. The standard InChI is InChI=1S/C14H12ClN3O2/c1-8-3-4-11(10(15)5-8)18-7-9(6-16)12(17)13(18)14(19)20-2/h3-5,7H,17H2,1-2H3. The molecule has 5 nitrogen and oxygen atoms in total. The van der Waals surface area contributed by atoms with Crippen molar-refractivity contribution in [3.63, 3.8) is 0 Å². The SMILES string of the molecule is COC(=O)c1c(N)c(C#N)cn1-c1ccc(C)cc1Cl. The van der Waals surface area contributed by atoms with Gasteiger partial charge in [0.2, 0.25) is 0 Å². The fraction of sp³-hybridized carbons (Fsp3) is 0.143. The van der Waals surface area contributed by atoms with Crippen molar-refractivity contribution in [1.82, 2.24) is 4.57 Å². The summed E-state index contributed by atoms with van der Waals surface area (Å²) in [5.74, 6) is -0.624. The summed E-state index contributed by atoms with van der Waals surface area (Å²) in [6.07, 6.45) is 1.47. The summed E-state index contributed by atoms with van der Waals surface area (Å²) in [5, 5.41) is 9.50. The normalized spacial score (nSPS) is 10.1. The third-order valence-electron chi connectivity index (χ3n) is 2.91. The molecule has 1 heterocycles. The quantitative estimate of drug-likeness (QED) is 0.862. The molecule has 2 rings (SSSR count). The number of halogens is 1.